The van der Waals surface area contributed by atoms with E-state index in [2.05, 4.69) is 13.8 Å². The third-order valence-electron chi connectivity index (χ3n) is 2.93. The van der Waals surface area contributed by atoms with E-state index in [0.717, 1.165) is 24.2 Å². The summed E-state index contributed by atoms with van der Waals surface area (Å²) in [4.78, 5) is 0. The van der Waals surface area contributed by atoms with Crippen molar-refractivity contribution >= 4 is 0 Å². The van der Waals surface area contributed by atoms with Crippen LogP contribution in [-0.4, -0.2) is 11.2 Å². The van der Waals surface area contributed by atoms with Crippen LogP contribution in [0.1, 0.15) is 40.0 Å². The fourth-order valence-corrected chi connectivity index (χ4v) is 2.44. The van der Waals surface area contributed by atoms with Crippen LogP contribution in [0.3, 0.4) is 0 Å². The van der Waals surface area contributed by atoms with E-state index in [-0.39, 0.29) is 6.10 Å². The van der Waals surface area contributed by atoms with Crippen LogP contribution in [0.25, 0.3) is 0 Å². The molecule has 1 heteroatoms. The minimum atomic E-state index is -0.104. The van der Waals surface area contributed by atoms with Crippen LogP contribution in [-0.2, 0) is 0 Å². The molecule has 1 saturated carbocycles. The third kappa shape index (κ3) is 2.48. The van der Waals surface area contributed by atoms with Crippen LogP contribution >= 0.6 is 0 Å². The van der Waals surface area contributed by atoms with Gasteiger partial charge in [-0.2, -0.15) is 0 Å². The van der Waals surface area contributed by atoms with Gasteiger partial charge in [-0.3, -0.25) is 0 Å². The molecule has 0 saturated heterocycles. The Labute approximate surface area is 69.8 Å². The molecule has 11 heavy (non-hydrogen) atoms. The van der Waals surface area contributed by atoms with Gasteiger partial charge in [-0.15, -0.1) is 0 Å². The Morgan fingerprint density at radius 2 is 2.00 bits per heavy atom. The largest absolute Gasteiger partial charge is 0.393 e. The Morgan fingerprint density at radius 1 is 1.36 bits per heavy atom. The van der Waals surface area contributed by atoms with Gasteiger partial charge in [0.25, 0.3) is 0 Å². The molecule has 0 amide bonds. The zero-order valence-corrected chi connectivity index (χ0v) is 7.88. The van der Waals surface area contributed by atoms with Crippen LogP contribution < -0.4 is 0 Å². The zero-order valence-electron chi connectivity index (χ0n) is 7.88. The molecule has 1 aliphatic carbocycles. The van der Waals surface area contributed by atoms with E-state index in [0.29, 0.717) is 0 Å². The van der Waals surface area contributed by atoms with Crippen LogP contribution in [0, 0.1) is 17.8 Å². The third-order valence-corrected chi connectivity index (χ3v) is 2.93. The van der Waals surface area contributed by atoms with Gasteiger partial charge in [0.1, 0.15) is 0 Å². The Hall–Kier alpha value is -0.0400. The summed E-state index contributed by atoms with van der Waals surface area (Å²) in [5, 5.41) is 9.22. The minimum Gasteiger partial charge on any atom is -0.393 e. The molecule has 66 valence electrons. The van der Waals surface area contributed by atoms with Crippen molar-refractivity contribution in [3.05, 3.63) is 0 Å². The smallest absolute Gasteiger partial charge is 0.0514 e. The lowest BCUT2D eigenvalue weighted by Crippen LogP contribution is -2.12. The highest BCUT2D eigenvalue weighted by molar-refractivity contribution is 4.79. The molecule has 4 unspecified atom stereocenters. The number of rotatable bonds is 2. The molecule has 0 aromatic carbocycles. The maximum Gasteiger partial charge on any atom is 0.0514 e. The van der Waals surface area contributed by atoms with Gasteiger partial charge in [0, 0.05) is 0 Å². The van der Waals surface area contributed by atoms with Gasteiger partial charge in [0.15, 0.2) is 0 Å². The maximum absolute atomic E-state index is 9.22. The highest BCUT2D eigenvalue weighted by atomic mass is 16.3. The topological polar surface area (TPSA) is 20.2 Å². The molecule has 4 atom stereocenters. The number of hydrogen-bond acceptors (Lipinski definition) is 1. The van der Waals surface area contributed by atoms with E-state index in [1.54, 1.807) is 0 Å². The molecule has 0 aromatic rings. The summed E-state index contributed by atoms with van der Waals surface area (Å²) in [5.41, 5.74) is 0. The Morgan fingerprint density at radius 3 is 2.36 bits per heavy atom. The lowest BCUT2D eigenvalue weighted by molar-refractivity contribution is 0.150. The fourth-order valence-electron chi connectivity index (χ4n) is 2.44. The molecule has 1 N–H and O–H groups in total. The van der Waals surface area contributed by atoms with Gasteiger partial charge in [0.05, 0.1) is 6.10 Å². The van der Waals surface area contributed by atoms with Crippen molar-refractivity contribution in [3.8, 4) is 0 Å². The van der Waals surface area contributed by atoms with Gasteiger partial charge < -0.3 is 5.11 Å². The van der Waals surface area contributed by atoms with Crippen molar-refractivity contribution in [1.29, 1.82) is 0 Å². The molecule has 0 heterocycles. The van der Waals surface area contributed by atoms with Crippen LogP contribution in [0.5, 0.6) is 0 Å². The first-order valence-electron chi connectivity index (χ1n) is 4.77. The lowest BCUT2D eigenvalue weighted by Gasteiger charge is -2.16. The van der Waals surface area contributed by atoms with E-state index < -0.39 is 0 Å². The molecule has 1 aliphatic rings. The first kappa shape index (κ1) is 9.05. The van der Waals surface area contributed by atoms with E-state index in [1.807, 2.05) is 6.92 Å². The van der Waals surface area contributed by atoms with E-state index in [9.17, 15) is 5.11 Å². The molecule has 1 fully saturated rings. The van der Waals surface area contributed by atoms with Crippen molar-refractivity contribution < 1.29 is 5.11 Å². The molecular weight excluding hydrogens is 136 g/mol. The SMILES string of the molecule is CC(O)CC1CC(C)CC1C. The van der Waals surface area contributed by atoms with Gasteiger partial charge in [0.2, 0.25) is 0 Å². The summed E-state index contributed by atoms with van der Waals surface area (Å²) in [6.45, 7) is 6.53. The Balaban J connectivity index is 2.34. The first-order chi connectivity index (χ1) is 5.09. The molecule has 0 aromatic heterocycles. The van der Waals surface area contributed by atoms with E-state index in [1.165, 1.54) is 12.8 Å². The standard InChI is InChI=1S/C10H20O/c1-7-4-8(2)10(5-7)6-9(3)11/h7-11H,4-6H2,1-3H3. The lowest BCUT2D eigenvalue weighted by atomic mass is 9.92. The summed E-state index contributed by atoms with van der Waals surface area (Å²) in [6.07, 6.45) is 3.59. The second kappa shape index (κ2) is 3.57. The predicted octanol–water partition coefficient (Wildman–Crippen LogP) is 2.44. The zero-order chi connectivity index (χ0) is 8.43. The minimum absolute atomic E-state index is 0.104. The van der Waals surface area contributed by atoms with E-state index >= 15 is 0 Å². The predicted molar refractivity (Wildman–Crippen MR) is 47.3 cm³/mol. The summed E-state index contributed by atoms with van der Waals surface area (Å²) in [6, 6.07) is 0. The summed E-state index contributed by atoms with van der Waals surface area (Å²) in [7, 11) is 0. The monoisotopic (exact) mass is 156 g/mol. The van der Waals surface area contributed by atoms with Crippen molar-refractivity contribution in [2.45, 2.75) is 46.1 Å². The summed E-state index contributed by atoms with van der Waals surface area (Å²) in [5.74, 6) is 2.50. The normalized spacial score (nSPS) is 40.9. The van der Waals surface area contributed by atoms with Gasteiger partial charge >= 0.3 is 0 Å². The quantitative estimate of drug-likeness (QED) is 0.651. The van der Waals surface area contributed by atoms with Crippen LogP contribution in [0.2, 0.25) is 0 Å². The fraction of sp³-hybridized carbons (Fsp3) is 1.00. The summed E-state index contributed by atoms with van der Waals surface area (Å²) >= 11 is 0. The molecule has 1 nitrogen and oxygen atoms in total. The van der Waals surface area contributed by atoms with Crippen molar-refractivity contribution in [2.24, 2.45) is 17.8 Å². The number of hydrogen-bond donors (Lipinski definition) is 1. The number of aliphatic hydroxyl groups is 1. The number of aliphatic hydroxyl groups excluding tert-OH is 1. The molecule has 0 radical (unpaired) electrons. The van der Waals surface area contributed by atoms with Crippen LogP contribution in [0.4, 0.5) is 0 Å². The molecule has 0 aliphatic heterocycles. The van der Waals surface area contributed by atoms with Crippen molar-refractivity contribution in [3.63, 3.8) is 0 Å². The van der Waals surface area contributed by atoms with Crippen molar-refractivity contribution in [1.82, 2.24) is 0 Å². The average molecular weight is 156 g/mol. The molecular formula is C10H20O. The highest BCUT2D eigenvalue weighted by Crippen LogP contribution is 2.38. The van der Waals surface area contributed by atoms with Gasteiger partial charge in [-0.1, -0.05) is 13.8 Å². The van der Waals surface area contributed by atoms with Crippen LogP contribution in [0.15, 0.2) is 0 Å². The molecule has 1 rings (SSSR count). The van der Waals surface area contributed by atoms with E-state index in [4.69, 9.17) is 0 Å². The second-order valence-corrected chi connectivity index (χ2v) is 4.40. The second-order valence-electron chi connectivity index (χ2n) is 4.40. The van der Waals surface area contributed by atoms with Gasteiger partial charge in [-0.25, -0.2) is 0 Å². The highest BCUT2D eigenvalue weighted by Gasteiger charge is 2.28. The molecule has 0 spiro atoms. The van der Waals surface area contributed by atoms with Gasteiger partial charge in [-0.05, 0) is 43.9 Å². The Kier molecular flexibility index (Phi) is 2.94. The maximum atomic E-state index is 9.22. The van der Waals surface area contributed by atoms with Crippen molar-refractivity contribution in [2.75, 3.05) is 0 Å². The Bertz CT molecular complexity index is 120. The first-order valence-corrected chi connectivity index (χ1v) is 4.77. The molecule has 0 bridgehead atoms. The average Bonchev–Trinajstić information content (AvgIpc) is 2.09. The summed E-state index contributed by atoms with van der Waals surface area (Å²) < 4.78 is 0.